The molecule has 8 heteroatoms. The van der Waals surface area contributed by atoms with Gasteiger partial charge < -0.3 is 20.1 Å². The highest BCUT2D eigenvalue weighted by Gasteiger charge is 2.45. The van der Waals surface area contributed by atoms with Crippen LogP contribution in [0.25, 0.3) is 0 Å². The lowest BCUT2D eigenvalue weighted by Gasteiger charge is -2.24. The van der Waals surface area contributed by atoms with E-state index in [1.54, 1.807) is 25.1 Å². The number of rotatable bonds is 6. The minimum Gasteiger partial charge on any atom is -0.492 e. The number of likely N-dealkylation sites (tertiary alicyclic amines) is 1. The first-order valence-corrected chi connectivity index (χ1v) is 9.80. The van der Waals surface area contributed by atoms with Crippen molar-refractivity contribution >= 4 is 23.4 Å². The van der Waals surface area contributed by atoms with Gasteiger partial charge in [-0.05, 0) is 37.6 Å². The molecule has 0 saturated carbocycles. The van der Waals surface area contributed by atoms with Crippen LogP contribution in [0.3, 0.4) is 0 Å². The number of pyridine rings is 1. The SMILES string of the molecule is CCOc1cncc(C(=O)N2CC(C)(O)CC2C(=O)NCc2ccc(Cl)cc2)c1. The third-order valence-electron chi connectivity index (χ3n) is 4.73. The maximum atomic E-state index is 13.0. The van der Waals surface area contributed by atoms with E-state index >= 15 is 0 Å². The van der Waals surface area contributed by atoms with E-state index in [0.29, 0.717) is 29.5 Å². The predicted octanol–water partition coefficient (Wildman–Crippen LogP) is 2.42. The molecule has 7 nitrogen and oxygen atoms in total. The molecule has 2 aromatic rings. The average molecular weight is 418 g/mol. The van der Waals surface area contributed by atoms with Gasteiger partial charge in [0.05, 0.1) is 30.5 Å². The molecule has 1 aromatic heterocycles. The number of benzene rings is 1. The molecular weight excluding hydrogens is 394 g/mol. The number of aliphatic hydroxyl groups is 1. The Labute approximate surface area is 174 Å². The molecule has 0 radical (unpaired) electrons. The number of aromatic nitrogens is 1. The van der Waals surface area contributed by atoms with Crippen LogP contribution in [0.15, 0.2) is 42.7 Å². The smallest absolute Gasteiger partial charge is 0.256 e. The highest BCUT2D eigenvalue weighted by atomic mass is 35.5. The summed E-state index contributed by atoms with van der Waals surface area (Å²) in [6, 6.07) is 7.95. The van der Waals surface area contributed by atoms with Gasteiger partial charge in [0.1, 0.15) is 11.8 Å². The number of ether oxygens (including phenoxy) is 1. The lowest BCUT2D eigenvalue weighted by atomic mass is 10.0. The van der Waals surface area contributed by atoms with Crippen LogP contribution in [0.2, 0.25) is 5.02 Å². The van der Waals surface area contributed by atoms with Crippen molar-refractivity contribution in [3.05, 3.63) is 58.9 Å². The molecule has 2 N–H and O–H groups in total. The fourth-order valence-electron chi connectivity index (χ4n) is 3.37. The number of carbonyl (C=O) groups is 2. The van der Waals surface area contributed by atoms with E-state index in [4.69, 9.17) is 16.3 Å². The molecule has 2 atom stereocenters. The Kier molecular flexibility index (Phi) is 6.39. The summed E-state index contributed by atoms with van der Waals surface area (Å²) in [5, 5.41) is 14.0. The second kappa shape index (κ2) is 8.80. The van der Waals surface area contributed by atoms with E-state index in [0.717, 1.165) is 5.56 Å². The third-order valence-corrected chi connectivity index (χ3v) is 4.99. The minimum absolute atomic E-state index is 0.0593. The maximum absolute atomic E-state index is 13.0. The second-order valence-corrected chi connectivity index (χ2v) is 7.77. The number of β-amino-alcohol motifs (C(OH)–C–C–N with tert-alkyl or cyclic N) is 1. The van der Waals surface area contributed by atoms with Gasteiger partial charge in [0.2, 0.25) is 5.91 Å². The Hall–Kier alpha value is -2.64. The number of nitrogens with zero attached hydrogens (tertiary/aromatic N) is 2. The van der Waals surface area contributed by atoms with E-state index in [-0.39, 0.29) is 24.8 Å². The molecule has 2 unspecified atom stereocenters. The zero-order valence-electron chi connectivity index (χ0n) is 16.4. The molecule has 0 aliphatic carbocycles. The number of hydrogen-bond acceptors (Lipinski definition) is 5. The van der Waals surface area contributed by atoms with Crippen molar-refractivity contribution in [2.24, 2.45) is 0 Å². The van der Waals surface area contributed by atoms with Crippen molar-refractivity contribution in [3.8, 4) is 5.75 Å². The summed E-state index contributed by atoms with van der Waals surface area (Å²) < 4.78 is 5.40. The molecule has 1 aliphatic heterocycles. The van der Waals surface area contributed by atoms with Crippen LogP contribution in [-0.2, 0) is 11.3 Å². The summed E-state index contributed by atoms with van der Waals surface area (Å²) >= 11 is 5.88. The van der Waals surface area contributed by atoms with Crippen LogP contribution in [0, 0.1) is 0 Å². The standard InChI is InChI=1S/C21H24ClN3O4/c1-3-29-17-8-15(11-23-12-17)20(27)25-13-21(2,28)9-18(25)19(26)24-10-14-4-6-16(22)7-5-14/h4-8,11-12,18,28H,3,9-10,13H2,1-2H3,(H,24,26). The minimum atomic E-state index is -1.15. The van der Waals surface area contributed by atoms with Crippen LogP contribution in [0.4, 0.5) is 0 Å². The predicted molar refractivity (Wildman–Crippen MR) is 109 cm³/mol. The van der Waals surface area contributed by atoms with Crippen LogP contribution in [0.5, 0.6) is 5.75 Å². The van der Waals surface area contributed by atoms with Crippen LogP contribution in [-0.4, -0.2) is 51.6 Å². The van der Waals surface area contributed by atoms with E-state index < -0.39 is 11.6 Å². The van der Waals surface area contributed by atoms with Crippen LogP contribution < -0.4 is 10.1 Å². The number of carbonyl (C=O) groups excluding carboxylic acids is 2. The Bertz CT molecular complexity index is 886. The number of nitrogens with one attached hydrogen (secondary N) is 1. The maximum Gasteiger partial charge on any atom is 0.256 e. The molecule has 2 heterocycles. The molecule has 1 saturated heterocycles. The van der Waals surface area contributed by atoms with Gasteiger partial charge in [-0.3, -0.25) is 14.6 Å². The first-order chi connectivity index (χ1) is 13.8. The van der Waals surface area contributed by atoms with Gasteiger partial charge in [0.15, 0.2) is 0 Å². The summed E-state index contributed by atoms with van der Waals surface area (Å²) in [6.45, 7) is 4.27. The van der Waals surface area contributed by atoms with Crippen LogP contribution in [0.1, 0.15) is 36.2 Å². The summed E-state index contributed by atoms with van der Waals surface area (Å²) in [5.74, 6) is -0.212. The van der Waals surface area contributed by atoms with Crippen LogP contribution >= 0.6 is 11.6 Å². The second-order valence-electron chi connectivity index (χ2n) is 7.34. The van der Waals surface area contributed by atoms with E-state index in [2.05, 4.69) is 10.3 Å². The summed E-state index contributed by atoms with van der Waals surface area (Å²) in [6.07, 6.45) is 3.11. The van der Waals surface area contributed by atoms with Crippen molar-refractivity contribution in [2.75, 3.05) is 13.2 Å². The third kappa shape index (κ3) is 5.25. The number of amides is 2. The molecule has 1 aromatic carbocycles. The van der Waals surface area contributed by atoms with Gasteiger partial charge >= 0.3 is 0 Å². The van der Waals surface area contributed by atoms with Crippen molar-refractivity contribution < 1.29 is 19.4 Å². The fourth-order valence-corrected chi connectivity index (χ4v) is 3.50. The molecule has 3 rings (SSSR count). The first-order valence-electron chi connectivity index (χ1n) is 9.42. The molecule has 0 spiro atoms. The molecule has 2 amide bonds. The van der Waals surface area contributed by atoms with E-state index in [1.165, 1.54) is 17.3 Å². The largest absolute Gasteiger partial charge is 0.492 e. The topological polar surface area (TPSA) is 91.8 Å². The zero-order valence-corrected chi connectivity index (χ0v) is 17.1. The van der Waals surface area contributed by atoms with Crippen molar-refractivity contribution in [1.82, 2.24) is 15.2 Å². The Morgan fingerprint density at radius 2 is 2.07 bits per heavy atom. The molecule has 154 valence electrons. The first kappa shape index (κ1) is 21.1. The number of hydrogen-bond donors (Lipinski definition) is 2. The average Bonchev–Trinajstić information content (AvgIpc) is 3.03. The van der Waals surface area contributed by atoms with Gasteiger partial charge in [-0.15, -0.1) is 0 Å². The Morgan fingerprint density at radius 3 is 2.76 bits per heavy atom. The summed E-state index contributed by atoms with van der Waals surface area (Å²) in [5.41, 5.74) is 0.0475. The Balaban J connectivity index is 1.74. The monoisotopic (exact) mass is 417 g/mol. The van der Waals surface area contributed by atoms with Gasteiger partial charge in [-0.2, -0.15) is 0 Å². The molecule has 1 aliphatic rings. The Morgan fingerprint density at radius 1 is 1.34 bits per heavy atom. The highest BCUT2D eigenvalue weighted by Crippen LogP contribution is 2.29. The molecule has 29 heavy (non-hydrogen) atoms. The molecular formula is C21H24ClN3O4. The van der Waals surface area contributed by atoms with Gasteiger partial charge in [-0.1, -0.05) is 23.7 Å². The van der Waals surface area contributed by atoms with Gasteiger partial charge in [0.25, 0.3) is 5.91 Å². The van der Waals surface area contributed by atoms with Gasteiger partial charge in [-0.25, -0.2) is 0 Å². The van der Waals surface area contributed by atoms with E-state index in [1.807, 2.05) is 19.1 Å². The highest BCUT2D eigenvalue weighted by molar-refractivity contribution is 6.30. The quantitative estimate of drug-likeness (QED) is 0.753. The summed E-state index contributed by atoms with van der Waals surface area (Å²) in [7, 11) is 0. The summed E-state index contributed by atoms with van der Waals surface area (Å²) in [4.78, 5) is 31.3. The fraction of sp³-hybridized carbons (Fsp3) is 0.381. The molecule has 1 fully saturated rings. The molecule has 0 bridgehead atoms. The van der Waals surface area contributed by atoms with Crippen molar-refractivity contribution in [2.45, 2.75) is 38.5 Å². The van der Waals surface area contributed by atoms with E-state index in [9.17, 15) is 14.7 Å². The van der Waals surface area contributed by atoms with Crippen molar-refractivity contribution in [3.63, 3.8) is 0 Å². The lowest BCUT2D eigenvalue weighted by Crippen LogP contribution is -2.45. The van der Waals surface area contributed by atoms with Crippen molar-refractivity contribution in [1.29, 1.82) is 0 Å². The van der Waals surface area contributed by atoms with Gasteiger partial charge in [0, 0.05) is 24.2 Å². The lowest BCUT2D eigenvalue weighted by molar-refractivity contribution is -0.125. The normalized spacial score (nSPS) is 21.1. The number of halogens is 1. The zero-order chi connectivity index (χ0) is 21.0.